The molecule has 1 atom stereocenters. The van der Waals surface area contributed by atoms with Crippen LogP contribution in [0.1, 0.15) is 34.7 Å². The van der Waals surface area contributed by atoms with Gasteiger partial charge in [0.15, 0.2) is 11.5 Å². The lowest BCUT2D eigenvalue weighted by Gasteiger charge is -2.22. The van der Waals surface area contributed by atoms with Gasteiger partial charge in [0.25, 0.3) is 0 Å². The van der Waals surface area contributed by atoms with Crippen molar-refractivity contribution in [2.75, 3.05) is 27.8 Å². The third-order valence-corrected chi connectivity index (χ3v) is 6.29. The summed E-state index contributed by atoms with van der Waals surface area (Å²) in [6.07, 6.45) is 4.60. The first-order valence-corrected chi connectivity index (χ1v) is 11.5. The number of carbonyl (C=O) groups is 1. The van der Waals surface area contributed by atoms with E-state index in [0.29, 0.717) is 24.5 Å². The van der Waals surface area contributed by atoms with E-state index < -0.39 is 0 Å². The van der Waals surface area contributed by atoms with E-state index in [9.17, 15) is 9.18 Å². The van der Waals surface area contributed by atoms with Crippen molar-refractivity contribution in [2.24, 2.45) is 0 Å². The van der Waals surface area contributed by atoms with E-state index in [4.69, 9.17) is 9.47 Å². The van der Waals surface area contributed by atoms with Crippen molar-refractivity contribution in [1.29, 1.82) is 0 Å². The molecule has 2 aromatic heterocycles. The Balaban J connectivity index is 1.54. The Labute approximate surface area is 204 Å². The van der Waals surface area contributed by atoms with Crippen molar-refractivity contribution < 1.29 is 18.7 Å². The second-order valence-electron chi connectivity index (χ2n) is 8.68. The summed E-state index contributed by atoms with van der Waals surface area (Å²) >= 11 is 0. The van der Waals surface area contributed by atoms with Crippen molar-refractivity contribution in [2.45, 2.75) is 25.7 Å². The minimum absolute atomic E-state index is 0.0261. The fourth-order valence-corrected chi connectivity index (χ4v) is 4.26. The summed E-state index contributed by atoms with van der Waals surface area (Å²) in [4.78, 5) is 19.5. The Morgan fingerprint density at radius 2 is 1.89 bits per heavy atom. The van der Waals surface area contributed by atoms with E-state index >= 15 is 0 Å². The normalized spacial score (nSPS) is 11.9. The number of likely N-dealkylation sites (N-methyl/N-ethyl adjacent to an activating group) is 1. The molecule has 6 nitrogen and oxygen atoms in total. The van der Waals surface area contributed by atoms with Crippen LogP contribution in [0.5, 0.6) is 11.5 Å². The first kappa shape index (κ1) is 24.3. The lowest BCUT2D eigenvalue weighted by atomic mass is 9.92. The van der Waals surface area contributed by atoms with Crippen molar-refractivity contribution >= 4 is 11.6 Å². The number of carbonyl (C=O) groups excluding carboxylic acids is 1. The molecule has 0 bridgehead atoms. The van der Waals surface area contributed by atoms with Crippen LogP contribution in [0, 0.1) is 12.7 Å². The molecular formula is C28H30FN3O3. The van der Waals surface area contributed by atoms with Crippen LogP contribution in [-0.4, -0.2) is 48.0 Å². The van der Waals surface area contributed by atoms with Gasteiger partial charge in [0.1, 0.15) is 11.5 Å². The lowest BCUT2D eigenvalue weighted by molar-refractivity contribution is -0.130. The first-order valence-electron chi connectivity index (χ1n) is 11.5. The molecular weight excluding hydrogens is 445 g/mol. The number of nitrogens with zero attached hydrogens (tertiary/aromatic N) is 3. The van der Waals surface area contributed by atoms with Crippen LogP contribution in [0.2, 0.25) is 0 Å². The van der Waals surface area contributed by atoms with E-state index in [0.717, 1.165) is 28.0 Å². The highest BCUT2D eigenvalue weighted by Crippen LogP contribution is 2.31. The molecule has 0 aliphatic rings. The van der Waals surface area contributed by atoms with Crippen molar-refractivity contribution in [3.8, 4) is 11.5 Å². The van der Waals surface area contributed by atoms with Gasteiger partial charge in [-0.1, -0.05) is 18.2 Å². The molecule has 7 heteroatoms. The summed E-state index contributed by atoms with van der Waals surface area (Å²) < 4.78 is 26.8. The van der Waals surface area contributed by atoms with Gasteiger partial charge in [0.05, 0.1) is 19.9 Å². The van der Waals surface area contributed by atoms with Crippen LogP contribution in [0.3, 0.4) is 0 Å². The Bertz CT molecular complexity index is 1330. The number of fused-ring (bicyclic) bond motifs is 1. The summed E-state index contributed by atoms with van der Waals surface area (Å²) in [6.45, 7) is 2.55. The molecule has 0 aliphatic carbocycles. The number of hydrogen-bond acceptors (Lipinski definition) is 4. The third kappa shape index (κ3) is 5.45. The van der Waals surface area contributed by atoms with Crippen molar-refractivity contribution in [1.82, 2.24) is 14.3 Å². The molecule has 0 radical (unpaired) electrons. The number of hydrogen-bond donors (Lipinski definition) is 0. The Hall–Kier alpha value is -3.87. The van der Waals surface area contributed by atoms with Crippen molar-refractivity contribution in [3.63, 3.8) is 0 Å². The molecule has 2 heterocycles. The number of amides is 1. The minimum atomic E-state index is -0.334. The maximum atomic E-state index is 14.1. The average molecular weight is 476 g/mol. The molecule has 0 aliphatic heterocycles. The number of aryl methyl sites for hydroxylation is 1. The molecule has 2 aromatic carbocycles. The molecule has 0 fully saturated rings. The number of ether oxygens (including phenoxy) is 2. The standard InChI is InChI=1S/C28H30FN3O3/c1-19-10-13-32-24(18-30-27(32)14-19)23(21-6-5-7-22(29)16-21)17-28(33)31(2)12-11-20-8-9-25(34-3)26(15-20)35-4/h5-10,13-16,18,23H,11-12,17H2,1-4H3. The summed E-state index contributed by atoms with van der Waals surface area (Å²) in [5.74, 6) is 0.641. The van der Waals surface area contributed by atoms with Crippen LogP contribution in [-0.2, 0) is 11.2 Å². The zero-order valence-corrected chi connectivity index (χ0v) is 20.5. The number of benzene rings is 2. The van der Waals surface area contributed by atoms with Crippen LogP contribution in [0.4, 0.5) is 4.39 Å². The van der Waals surface area contributed by atoms with Gasteiger partial charge in [-0.15, -0.1) is 0 Å². The molecule has 35 heavy (non-hydrogen) atoms. The van der Waals surface area contributed by atoms with Gasteiger partial charge >= 0.3 is 0 Å². The van der Waals surface area contributed by atoms with E-state index in [1.807, 2.05) is 53.9 Å². The van der Waals surface area contributed by atoms with Crippen LogP contribution < -0.4 is 9.47 Å². The lowest BCUT2D eigenvalue weighted by Crippen LogP contribution is -2.30. The number of aromatic nitrogens is 2. The fourth-order valence-electron chi connectivity index (χ4n) is 4.26. The zero-order chi connectivity index (χ0) is 24.9. The van der Waals surface area contributed by atoms with Gasteiger partial charge in [-0.3, -0.25) is 4.79 Å². The molecule has 182 valence electrons. The first-order chi connectivity index (χ1) is 16.9. The third-order valence-electron chi connectivity index (χ3n) is 6.29. The van der Waals surface area contributed by atoms with E-state index in [2.05, 4.69) is 4.98 Å². The predicted octanol–water partition coefficient (Wildman–Crippen LogP) is 5.02. The fraction of sp³-hybridized carbons (Fsp3) is 0.286. The molecule has 4 rings (SSSR count). The van der Waals surface area contributed by atoms with Gasteiger partial charge in [-0.25, -0.2) is 9.37 Å². The number of imidazole rings is 1. The Kier molecular flexibility index (Phi) is 7.34. The van der Waals surface area contributed by atoms with Gasteiger partial charge in [-0.2, -0.15) is 0 Å². The Morgan fingerprint density at radius 1 is 1.09 bits per heavy atom. The maximum Gasteiger partial charge on any atom is 0.223 e. The number of pyridine rings is 1. The molecule has 0 N–H and O–H groups in total. The van der Waals surface area contributed by atoms with Crippen molar-refractivity contribution in [3.05, 3.63) is 95.2 Å². The van der Waals surface area contributed by atoms with Crippen LogP contribution in [0.25, 0.3) is 5.65 Å². The number of halogens is 1. The maximum absolute atomic E-state index is 14.1. The number of methoxy groups -OCH3 is 2. The molecule has 0 saturated carbocycles. The highest BCUT2D eigenvalue weighted by atomic mass is 19.1. The molecule has 1 unspecified atom stereocenters. The van der Waals surface area contributed by atoms with E-state index in [1.54, 1.807) is 38.4 Å². The quantitative estimate of drug-likeness (QED) is 0.341. The highest BCUT2D eigenvalue weighted by molar-refractivity contribution is 5.77. The molecule has 0 saturated heterocycles. The zero-order valence-electron chi connectivity index (χ0n) is 20.5. The second kappa shape index (κ2) is 10.6. The monoisotopic (exact) mass is 475 g/mol. The summed E-state index contributed by atoms with van der Waals surface area (Å²) in [5.41, 5.74) is 4.54. The van der Waals surface area contributed by atoms with Gasteiger partial charge in [0.2, 0.25) is 5.91 Å². The van der Waals surface area contributed by atoms with Gasteiger partial charge in [-0.05, 0) is 66.4 Å². The molecule has 1 amide bonds. The topological polar surface area (TPSA) is 56.1 Å². The SMILES string of the molecule is COc1ccc(CCN(C)C(=O)CC(c2cccc(F)c2)c2cnc3cc(C)ccn23)cc1OC. The highest BCUT2D eigenvalue weighted by Gasteiger charge is 2.24. The number of rotatable bonds is 9. The molecule has 4 aromatic rings. The largest absolute Gasteiger partial charge is 0.493 e. The summed E-state index contributed by atoms with van der Waals surface area (Å²) in [5, 5.41) is 0. The van der Waals surface area contributed by atoms with Crippen LogP contribution >= 0.6 is 0 Å². The second-order valence-corrected chi connectivity index (χ2v) is 8.68. The predicted molar refractivity (Wildman–Crippen MR) is 134 cm³/mol. The average Bonchev–Trinajstić information content (AvgIpc) is 3.27. The van der Waals surface area contributed by atoms with Gasteiger partial charge in [0, 0.05) is 38.3 Å². The van der Waals surface area contributed by atoms with Crippen LogP contribution in [0.15, 0.2) is 67.0 Å². The summed E-state index contributed by atoms with van der Waals surface area (Å²) in [6, 6.07) is 16.2. The molecule has 0 spiro atoms. The van der Waals surface area contributed by atoms with E-state index in [-0.39, 0.29) is 24.1 Å². The van der Waals surface area contributed by atoms with E-state index in [1.165, 1.54) is 12.1 Å². The smallest absolute Gasteiger partial charge is 0.223 e. The summed E-state index contributed by atoms with van der Waals surface area (Å²) in [7, 11) is 5.00. The van der Waals surface area contributed by atoms with Gasteiger partial charge < -0.3 is 18.8 Å². The Morgan fingerprint density at radius 3 is 2.63 bits per heavy atom. The minimum Gasteiger partial charge on any atom is -0.493 e.